The molecule has 1 aromatic heterocycles. The lowest BCUT2D eigenvalue weighted by molar-refractivity contribution is 0.203. The van der Waals surface area contributed by atoms with Crippen LogP contribution in [0.3, 0.4) is 0 Å². The summed E-state index contributed by atoms with van der Waals surface area (Å²) in [4.78, 5) is 7.27. The Hall–Kier alpha value is -1.59. The molecule has 1 atom stereocenters. The maximum atomic E-state index is 9.51. The van der Waals surface area contributed by atoms with Crippen LogP contribution in [0.4, 0.5) is 5.13 Å². The van der Waals surface area contributed by atoms with Crippen LogP contribution in [0.25, 0.3) is 0 Å². The van der Waals surface area contributed by atoms with Gasteiger partial charge in [0.05, 0.1) is 18.1 Å². The number of aliphatic hydroxyl groups is 1. The second-order valence-electron chi connectivity index (χ2n) is 4.43. The summed E-state index contributed by atoms with van der Waals surface area (Å²) < 4.78 is 5.21. The van der Waals surface area contributed by atoms with E-state index in [9.17, 15) is 5.11 Å². The number of methoxy groups -OCH3 is 1. The molecule has 0 amide bonds. The van der Waals surface area contributed by atoms with Crippen molar-refractivity contribution in [2.45, 2.75) is 19.6 Å². The largest absolute Gasteiger partial charge is 0.497 e. The van der Waals surface area contributed by atoms with E-state index in [2.05, 4.69) is 16.0 Å². The number of benzene rings is 1. The van der Waals surface area contributed by atoms with Crippen molar-refractivity contribution in [1.29, 1.82) is 0 Å². The van der Waals surface area contributed by atoms with E-state index in [1.165, 1.54) is 11.3 Å². The van der Waals surface area contributed by atoms with Gasteiger partial charge in [0.25, 0.3) is 0 Å². The number of hydrogen-bond acceptors (Lipinski definition) is 5. The molecule has 5 heteroatoms. The summed E-state index contributed by atoms with van der Waals surface area (Å²) >= 11 is 1.51. The zero-order chi connectivity index (χ0) is 13.8. The van der Waals surface area contributed by atoms with Crippen LogP contribution in [0, 0.1) is 0 Å². The number of hydrogen-bond donors (Lipinski definition) is 1. The smallest absolute Gasteiger partial charge is 0.185 e. The summed E-state index contributed by atoms with van der Waals surface area (Å²) in [5.74, 6) is 0.856. The van der Waals surface area contributed by atoms with Gasteiger partial charge < -0.3 is 14.7 Å². The van der Waals surface area contributed by atoms with Gasteiger partial charge in [0.2, 0.25) is 0 Å². The molecule has 2 rings (SSSR count). The minimum absolute atomic E-state index is 0.462. The second-order valence-corrected chi connectivity index (χ2v) is 5.47. The molecule has 4 nitrogen and oxygen atoms in total. The molecule has 0 radical (unpaired) electrons. The lowest BCUT2D eigenvalue weighted by Gasteiger charge is -2.16. The molecule has 19 heavy (non-hydrogen) atoms. The SMILES string of the molecule is COc1cccc(CN(C)c2ncc(C(C)O)s2)c1. The molecule has 0 aliphatic carbocycles. The first-order chi connectivity index (χ1) is 9.10. The van der Waals surface area contributed by atoms with Crippen LogP contribution in [-0.4, -0.2) is 24.2 Å². The van der Waals surface area contributed by atoms with Crippen molar-refractivity contribution in [2.75, 3.05) is 19.1 Å². The summed E-state index contributed by atoms with van der Waals surface area (Å²) in [7, 11) is 3.66. The molecular weight excluding hydrogens is 260 g/mol. The van der Waals surface area contributed by atoms with E-state index >= 15 is 0 Å². The van der Waals surface area contributed by atoms with Crippen LogP contribution in [-0.2, 0) is 6.54 Å². The van der Waals surface area contributed by atoms with Crippen LogP contribution in [0.15, 0.2) is 30.5 Å². The lowest BCUT2D eigenvalue weighted by atomic mass is 10.2. The predicted octanol–water partition coefficient (Wildman–Crippen LogP) is 2.84. The molecule has 1 N–H and O–H groups in total. The van der Waals surface area contributed by atoms with Gasteiger partial charge in [-0.1, -0.05) is 23.5 Å². The monoisotopic (exact) mass is 278 g/mol. The maximum Gasteiger partial charge on any atom is 0.185 e. The molecule has 102 valence electrons. The molecule has 1 heterocycles. The van der Waals surface area contributed by atoms with Crippen LogP contribution in [0.5, 0.6) is 5.75 Å². The highest BCUT2D eigenvalue weighted by Crippen LogP contribution is 2.27. The third kappa shape index (κ3) is 3.45. The number of aromatic nitrogens is 1. The van der Waals surface area contributed by atoms with Gasteiger partial charge in [0.15, 0.2) is 5.13 Å². The van der Waals surface area contributed by atoms with Gasteiger partial charge in [0, 0.05) is 19.8 Å². The van der Waals surface area contributed by atoms with Gasteiger partial charge in [-0.2, -0.15) is 0 Å². The van der Waals surface area contributed by atoms with Crippen molar-refractivity contribution in [1.82, 2.24) is 4.98 Å². The van der Waals surface area contributed by atoms with E-state index in [0.29, 0.717) is 0 Å². The number of anilines is 1. The van der Waals surface area contributed by atoms with Crippen molar-refractivity contribution in [2.24, 2.45) is 0 Å². The second kappa shape index (κ2) is 6.04. The first kappa shape index (κ1) is 13.8. The fourth-order valence-electron chi connectivity index (χ4n) is 1.76. The van der Waals surface area contributed by atoms with Crippen LogP contribution >= 0.6 is 11.3 Å². The Balaban J connectivity index is 2.08. The van der Waals surface area contributed by atoms with Gasteiger partial charge >= 0.3 is 0 Å². The first-order valence-electron chi connectivity index (χ1n) is 6.08. The van der Waals surface area contributed by atoms with E-state index in [1.807, 2.05) is 25.2 Å². The van der Waals surface area contributed by atoms with Crippen molar-refractivity contribution >= 4 is 16.5 Å². The molecule has 0 spiro atoms. The Kier molecular flexibility index (Phi) is 4.39. The van der Waals surface area contributed by atoms with Gasteiger partial charge in [-0.05, 0) is 24.6 Å². The number of aliphatic hydroxyl groups excluding tert-OH is 1. The normalized spacial score (nSPS) is 12.2. The number of rotatable bonds is 5. The lowest BCUT2D eigenvalue weighted by Crippen LogP contribution is -2.15. The molecule has 0 saturated carbocycles. The topological polar surface area (TPSA) is 45.6 Å². The third-order valence-corrected chi connectivity index (χ3v) is 4.09. The molecular formula is C14H18N2O2S. The van der Waals surface area contributed by atoms with Gasteiger partial charge in [-0.15, -0.1) is 0 Å². The Morgan fingerprint density at radius 1 is 1.47 bits per heavy atom. The fraction of sp³-hybridized carbons (Fsp3) is 0.357. The molecule has 0 aliphatic rings. The summed E-state index contributed by atoms with van der Waals surface area (Å²) in [6, 6.07) is 7.98. The van der Waals surface area contributed by atoms with E-state index in [0.717, 1.165) is 27.9 Å². The highest BCUT2D eigenvalue weighted by atomic mass is 32.1. The first-order valence-corrected chi connectivity index (χ1v) is 6.89. The van der Waals surface area contributed by atoms with Crippen LogP contribution in [0.2, 0.25) is 0 Å². The number of thiazole rings is 1. The van der Waals surface area contributed by atoms with Crippen molar-refractivity contribution in [3.05, 3.63) is 40.9 Å². The van der Waals surface area contributed by atoms with E-state index < -0.39 is 6.10 Å². The highest BCUT2D eigenvalue weighted by Gasteiger charge is 2.10. The van der Waals surface area contributed by atoms with Gasteiger partial charge in [-0.25, -0.2) is 4.98 Å². The summed E-state index contributed by atoms with van der Waals surface area (Å²) in [6.07, 6.45) is 1.27. The fourth-order valence-corrected chi connectivity index (χ4v) is 2.57. The Bertz CT molecular complexity index is 540. The standard InChI is InChI=1S/C14H18N2O2S/c1-10(17)13-8-15-14(19-13)16(2)9-11-5-4-6-12(7-11)18-3/h4-8,10,17H,9H2,1-3H3. The quantitative estimate of drug-likeness (QED) is 0.913. The summed E-state index contributed by atoms with van der Waals surface area (Å²) in [5.41, 5.74) is 1.16. The van der Waals surface area contributed by atoms with Crippen LogP contribution in [0.1, 0.15) is 23.5 Å². The number of nitrogens with zero attached hydrogens (tertiary/aromatic N) is 2. The van der Waals surface area contributed by atoms with E-state index in [4.69, 9.17) is 4.74 Å². The average Bonchev–Trinajstić information content (AvgIpc) is 2.89. The third-order valence-electron chi connectivity index (χ3n) is 2.80. The molecule has 0 bridgehead atoms. The maximum absolute atomic E-state index is 9.51. The molecule has 1 aromatic carbocycles. The predicted molar refractivity (Wildman–Crippen MR) is 77.8 cm³/mol. The zero-order valence-corrected chi connectivity index (χ0v) is 12.1. The van der Waals surface area contributed by atoms with Crippen molar-refractivity contribution < 1.29 is 9.84 Å². The molecule has 2 aromatic rings. The minimum Gasteiger partial charge on any atom is -0.497 e. The molecule has 1 unspecified atom stereocenters. The van der Waals surface area contributed by atoms with E-state index in [-0.39, 0.29) is 0 Å². The summed E-state index contributed by atoms with van der Waals surface area (Å²) in [5, 5.41) is 10.4. The van der Waals surface area contributed by atoms with Crippen LogP contribution < -0.4 is 9.64 Å². The summed E-state index contributed by atoms with van der Waals surface area (Å²) in [6.45, 7) is 2.50. The van der Waals surface area contributed by atoms with Gasteiger partial charge in [0.1, 0.15) is 5.75 Å². The Morgan fingerprint density at radius 3 is 2.89 bits per heavy atom. The highest BCUT2D eigenvalue weighted by molar-refractivity contribution is 7.15. The molecule has 0 aliphatic heterocycles. The van der Waals surface area contributed by atoms with Crippen molar-refractivity contribution in [3.63, 3.8) is 0 Å². The Morgan fingerprint density at radius 2 is 2.26 bits per heavy atom. The van der Waals surface area contributed by atoms with Crippen molar-refractivity contribution in [3.8, 4) is 5.75 Å². The molecule has 0 fully saturated rings. The zero-order valence-electron chi connectivity index (χ0n) is 11.3. The Labute approximate surface area is 117 Å². The average molecular weight is 278 g/mol. The van der Waals surface area contributed by atoms with Gasteiger partial charge in [-0.3, -0.25) is 0 Å². The van der Waals surface area contributed by atoms with E-state index in [1.54, 1.807) is 20.2 Å². The molecule has 0 saturated heterocycles. The minimum atomic E-state index is -0.462. The number of ether oxygens (including phenoxy) is 1.